The average molecular weight is 262 g/mol. The van der Waals surface area contributed by atoms with Crippen LogP contribution in [-0.2, 0) is 6.54 Å². The zero-order valence-electron chi connectivity index (χ0n) is 11.9. The maximum atomic E-state index is 9.53. The topological polar surface area (TPSA) is 35.5 Å². The van der Waals surface area contributed by atoms with Gasteiger partial charge in [0, 0.05) is 25.7 Å². The summed E-state index contributed by atoms with van der Waals surface area (Å²) in [5.41, 5.74) is 1.39. The Kier molecular flexibility index (Phi) is 5.83. The van der Waals surface area contributed by atoms with Crippen LogP contribution in [0, 0.1) is 0 Å². The molecule has 1 heterocycles. The molecule has 0 radical (unpaired) electrons. The largest absolute Gasteiger partial charge is 0.393 e. The van der Waals surface area contributed by atoms with Gasteiger partial charge in [-0.05, 0) is 31.4 Å². The summed E-state index contributed by atoms with van der Waals surface area (Å²) in [5.74, 6) is 0. The van der Waals surface area contributed by atoms with E-state index in [1.165, 1.54) is 18.5 Å². The van der Waals surface area contributed by atoms with E-state index >= 15 is 0 Å². The van der Waals surface area contributed by atoms with Crippen molar-refractivity contribution in [3.63, 3.8) is 0 Å². The Morgan fingerprint density at radius 3 is 2.89 bits per heavy atom. The quantitative estimate of drug-likeness (QED) is 0.789. The van der Waals surface area contributed by atoms with Gasteiger partial charge in [-0.3, -0.25) is 4.90 Å². The first kappa shape index (κ1) is 14.5. The van der Waals surface area contributed by atoms with Gasteiger partial charge in [-0.2, -0.15) is 0 Å². The van der Waals surface area contributed by atoms with Crippen molar-refractivity contribution in [3.8, 4) is 0 Å². The summed E-state index contributed by atoms with van der Waals surface area (Å²) in [6.45, 7) is 6.30. The maximum Gasteiger partial charge on any atom is 0.0549 e. The van der Waals surface area contributed by atoms with Crippen molar-refractivity contribution in [2.24, 2.45) is 0 Å². The van der Waals surface area contributed by atoms with E-state index in [1.54, 1.807) is 0 Å². The highest BCUT2D eigenvalue weighted by molar-refractivity contribution is 5.14. The summed E-state index contributed by atoms with van der Waals surface area (Å²) >= 11 is 0. The molecule has 1 saturated heterocycles. The molecule has 1 aliphatic rings. The zero-order valence-corrected chi connectivity index (χ0v) is 11.9. The molecule has 0 aliphatic carbocycles. The van der Waals surface area contributed by atoms with E-state index in [0.29, 0.717) is 6.04 Å². The molecule has 0 aromatic heterocycles. The minimum atomic E-state index is -0.144. The molecule has 0 bridgehead atoms. The lowest BCUT2D eigenvalue weighted by atomic mass is 10.2. The van der Waals surface area contributed by atoms with Crippen molar-refractivity contribution in [3.05, 3.63) is 35.9 Å². The average Bonchev–Trinajstić information content (AvgIpc) is 2.87. The minimum Gasteiger partial charge on any atom is -0.393 e. The number of nitrogens with one attached hydrogen (secondary N) is 1. The van der Waals surface area contributed by atoms with Gasteiger partial charge in [-0.1, -0.05) is 37.3 Å². The highest BCUT2D eigenvalue weighted by atomic mass is 16.3. The molecular weight excluding hydrogens is 236 g/mol. The van der Waals surface area contributed by atoms with Crippen molar-refractivity contribution >= 4 is 0 Å². The predicted molar refractivity (Wildman–Crippen MR) is 79.0 cm³/mol. The zero-order chi connectivity index (χ0) is 13.5. The molecule has 2 atom stereocenters. The van der Waals surface area contributed by atoms with Gasteiger partial charge in [-0.15, -0.1) is 0 Å². The molecule has 1 aliphatic heterocycles. The standard InChI is InChI=1S/C16H26N2O/c1-2-16(19)8-10-17-15-9-11-18(13-15)12-14-6-4-3-5-7-14/h3-7,15-17,19H,2,8-13H2,1H3. The van der Waals surface area contributed by atoms with E-state index in [0.717, 1.165) is 32.5 Å². The van der Waals surface area contributed by atoms with Crippen LogP contribution in [0.25, 0.3) is 0 Å². The van der Waals surface area contributed by atoms with Crippen molar-refractivity contribution in [1.82, 2.24) is 10.2 Å². The lowest BCUT2D eigenvalue weighted by Gasteiger charge is -2.17. The van der Waals surface area contributed by atoms with E-state index in [4.69, 9.17) is 0 Å². The minimum absolute atomic E-state index is 0.144. The molecule has 3 heteroatoms. The second kappa shape index (κ2) is 7.63. The van der Waals surface area contributed by atoms with E-state index in [2.05, 4.69) is 40.5 Å². The summed E-state index contributed by atoms with van der Waals surface area (Å²) in [6.07, 6.45) is 2.79. The van der Waals surface area contributed by atoms with Crippen LogP contribution in [0.4, 0.5) is 0 Å². The second-order valence-electron chi connectivity index (χ2n) is 5.51. The summed E-state index contributed by atoms with van der Waals surface area (Å²) in [5, 5.41) is 13.1. The third kappa shape index (κ3) is 4.94. The third-order valence-electron chi connectivity index (χ3n) is 3.90. The van der Waals surface area contributed by atoms with Gasteiger partial charge in [0.15, 0.2) is 0 Å². The summed E-state index contributed by atoms with van der Waals surface area (Å²) < 4.78 is 0. The van der Waals surface area contributed by atoms with E-state index in [-0.39, 0.29) is 6.10 Å². The normalized spacial score (nSPS) is 21.7. The van der Waals surface area contributed by atoms with Gasteiger partial charge >= 0.3 is 0 Å². The number of aliphatic hydroxyl groups excluding tert-OH is 1. The first-order chi connectivity index (χ1) is 9.28. The Labute approximate surface area is 116 Å². The summed E-state index contributed by atoms with van der Waals surface area (Å²) in [4.78, 5) is 2.50. The molecule has 0 saturated carbocycles. The first-order valence-electron chi connectivity index (χ1n) is 7.45. The Morgan fingerprint density at radius 2 is 2.16 bits per heavy atom. The lowest BCUT2D eigenvalue weighted by Crippen LogP contribution is -2.34. The van der Waals surface area contributed by atoms with E-state index < -0.39 is 0 Å². The fourth-order valence-corrected chi connectivity index (χ4v) is 2.64. The highest BCUT2D eigenvalue weighted by Gasteiger charge is 2.21. The highest BCUT2D eigenvalue weighted by Crippen LogP contribution is 2.13. The van der Waals surface area contributed by atoms with Crippen LogP contribution in [-0.4, -0.2) is 41.8 Å². The molecule has 2 N–H and O–H groups in total. The van der Waals surface area contributed by atoms with Crippen molar-refractivity contribution in [2.75, 3.05) is 19.6 Å². The summed E-state index contributed by atoms with van der Waals surface area (Å²) in [6, 6.07) is 11.3. The number of hydrogen-bond acceptors (Lipinski definition) is 3. The first-order valence-corrected chi connectivity index (χ1v) is 7.45. The van der Waals surface area contributed by atoms with Crippen LogP contribution in [0.15, 0.2) is 30.3 Å². The number of nitrogens with zero attached hydrogens (tertiary/aromatic N) is 1. The van der Waals surface area contributed by atoms with Crippen LogP contribution in [0.3, 0.4) is 0 Å². The van der Waals surface area contributed by atoms with Crippen LogP contribution < -0.4 is 5.32 Å². The molecule has 0 amide bonds. The number of rotatable bonds is 7. The lowest BCUT2D eigenvalue weighted by molar-refractivity contribution is 0.158. The smallest absolute Gasteiger partial charge is 0.0549 e. The summed E-state index contributed by atoms with van der Waals surface area (Å²) in [7, 11) is 0. The molecule has 0 spiro atoms. The van der Waals surface area contributed by atoms with Gasteiger partial charge in [0.2, 0.25) is 0 Å². The fourth-order valence-electron chi connectivity index (χ4n) is 2.64. The van der Waals surface area contributed by atoms with Crippen LogP contribution in [0.5, 0.6) is 0 Å². The van der Waals surface area contributed by atoms with E-state index in [1.807, 2.05) is 6.92 Å². The molecular formula is C16H26N2O. The molecule has 1 aromatic rings. The maximum absolute atomic E-state index is 9.53. The second-order valence-corrected chi connectivity index (χ2v) is 5.51. The van der Waals surface area contributed by atoms with Crippen molar-refractivity contribution < 1.29 is 5.11 Å². The fraction of sp³-hybridized carbons (Fsp3) is 0.625. The Bertz CT molecular complexity index is 355. The molecule has 19 heavy (non-hydrogen) atoms. The van der Waals surface area contributed by atoms with Crippen LogP contribution in [0.2, 0.25) is 0 Å². The van der Waals surface area contributed by atoms with Crippen LogP contribution >= 0.6 is 0 Å². The predicted octanol–water partition coefficient (Wildman–Crippen LogP) is 2.01. The number of likely N-dealkylation sites (tertiary alicyclic amines) is 1. The van der Waals surface area contributed by atoms with Gasteiger partial charge in [0.25, 0.3) is 0 Å². The van der Waals surface area contributed by atoms with Crippen molar-refractivity contribution in [2.45, 2.75) is 44.9 Å². The van der Waals surface area contributed by atoms with Crippen molar-refractivity contribution in [1.29, 1.82) is 0 Å². The Hall–Kier alpha value is -0.900. The SMILES string of the molecule is CCC(O)CCNC1CCN(Cc2ccccc2)C1. The molecule has 1 aromatic carbocycles. The number of benzene rings is 1. The van der Waals surface area contributed by atoms with Gasteiger partial charge in [-0.25, -0.2) is 0 Å². The molecule has 2 unspecified atom stereocenters. The third-order valence-corrected chi connectivity index (χ3v) is 3.90. The molecule has 3 nitrogen and oxygen atoms in total. The molecule has 1 fully saturated rings. The molecule has 2 rings (SSSR count). The van der Waals surface area contributed by atoms with Crippen LogP contribution in [0.1, 0.15) is 31.7 Å². The number of aliphatic hydroxyl groups is 1. The molecule has 106 valence electrons. The van der Waals surface area contributed by atoms with Gasteiger partial charge in [0.1, 0.15) is 0 Å². The van der Waals surface area contributed by atoms with E-state index in [9.17, 15) is 5.11 Å². The monoisotopic (exact) mass is 262 g/mol. The number of hydrogen-bond donors (Lipinski definition) is 2. The van der Waals surface area contributed by atoms with Gasteiger partial charge in [0.05, 0.1) is 6.10 Å². The Morgan fingerprint density at radius 1 is 1.37 bits per heavy atom. The van der Waals surface area contributed by atoms with Gasteiger partial charge < -0.3 is 10.4 Å². The Balaban J connectivity index is 1.66.